The normalized spacial score (nSPS) is 13.0. The van der Waals surface area contributed by atoms with Crippen molar-refractivity contribution in [3.05, 3.63) is 63.9 Å². The summed E-state index contributed by atoms with van der Waals surface area (Å²) >= 11 is 5.76. The molecule has 0 amide bonds. The molecular weight excluding hydrogens is 289 g/mol. The SMILES string of the molecule is Fc1ccc(CNCCc2ccc3c(c2)CCO3)cc1Cl. The molecule has 0 bridgehead atoms. The Morgan fingerprint density at radius 1 is 1.14 bits per heavy atom. The molecular formula is C17H17ClFNO. The lowest BCUT2D eigenvalue weighted by Crippen LogP contribution is -2.16. The quantitative estimate of drug-likeness (QED) is 0.850. The first-order valence-electron chi connectivity index (χ1n) is 7.11. The minimum absolute atomic E-state index is 0.174. The summed E-state index contributed by atoms with van der Waals surface area (Å²) in [5.74, 6) is 0.647. The summed E-state index contributed by atoms with van der Waals surface area (Å²) in [7, 11) is 0. The molecule has 0 saturated heterocycles. The van der Waals surface area contributed by atoms with E-state index in [9.17, 15) is 4.39 Å². The third-order valence-corrected chi connectivity index (χ3v) is 3.95. The smallest absolute Gasteiger partial charge is 0.141 e. The van der Waals surface area contributed by atoms with E-state index in [2.05, 4.69) is 23.5 Å². The molecule has 110 valence electrons. The molecule has 0 fully saturated rings. The summed E-state index contributed by atoms with van der Waals surface area (Å²) < 4.78 is 18.6. The van der Waals surface area contributed by atoms with Crippen LogP contribution in [0.3, 0.4) is 0 Å². The molecule has 4 heteroatoms. The van der Waals surface area contributed by atoms with Gasteiger partial charge in [-0.1, -0.05) is 29.8 Å². The molecule has 1 aliphatic heterocycles. The highest BCUT2D eigenvalue weighted by atomic mass is 35.5. The zero-order valence-corrected chi connectivity index (χ0v) is 12.4. The number of ether oxygens (including phenoxy) is 1. The maximum atomic E-state index is 13.1. The van der Waals surface area contributed by atoms with Gasteiger partial charge in [-0.25, -0.2) is 4.39 Å². The third kappa shape index (κ3) is 3.55. The molecule has 2 nitrogen and oxygen atoms in total. The van der Waals surface area contributed by atoms with E-state index in [1.54, 1.807) is 12.1 Å². The van der Waals surface area contributed by atoms with Gasteiger partial charge >= 0.3 is 0 Å². The van der Waals surface area contributed by atoms with Crippen molar-refractivity contribution < 1.29 is 9.13 Å². The Kier molecular flexibility index (Phi) is 4.42. The van der Waals surface area contributed by atoms with Gasteiger partial charge < -0.3 is 10.1 Å². The highest BCUT2D eigenvalue weighted by molar-refractivity contribution is 6.30. The minimum atomic E-state index is -0.374. The molecule has 0 aromatic heterocycles. The van der Waals surface area contributed by atoms with E-state index >= 15 is 0 Å². The maximum Gasteiger partial charge on any atom is 0.141 e. The fourth-order valence-electron chi connectivity index (χ4n) is 2.51. The molecule has 0 spiro atoms. The highest BCUT2D eigenvalue weighted by Gasteiger charge is 2.11. The molecule has 3 rings (SSSR count). The number of hydrogen-bond acceptors (Lipinski definition) is 2. The Balaban J connectivity index is 1.49. The van der Waals surface area contributed by atoms with Crippen LogP contribution in [0.4, 0.5) is 4.39 Å². The summed E-state index contributed by atoms with van der Waals surface area (Å²) in [6.45, 7) is 2.35. The van der Waals surface area contributed by atoms with Crippen LogP contribution in [-0.2, 0) is 19.4 Å². The molecule has 0 saturated carbocycles. The van der Waals surface area contributed by atoms with Gasteiger partial charge in [0.15, 0.2) is 0 Å². The topological polar surface area (TPSA) is 21.3 Å². The Morgan fingerprint density at radius 3 is 2.86 bits per heavy atom. The van der Waals surface area contributed by atoms with Gasteiger partial charge in [-0.2, -0.15) is 0 Å². The average Bonchev–Trinajstić information content (AvgIpc) is 2.95. The fraction of sp³-hybridized carbons (Fsp3) is 0.294. The lowest BCUT2D eigenvalue weighted by molar-refractivity contribution is 0.357. The van der Waals surface area contributed by atoms with Gasteiger partial charge in [0.25, 0.3) is 0 Å². The second kappa shape index (κ2) is 6.46. The van der Waals surface area contributed by atoms with Crippen LogP contribution in [0.1, 0.15) is 16.7 Å². The second-order valence-corrected chi connectivity index (χ2v) is 5.62. The lowest BCUT2D eigenvalue weighted by Gasteiger charge is -2.07. The summed E-state index contributed by atoms with van der Waals surface area (Å²) in [4.78, 5) is 0. The molecule has 1 heterocycles. The molecule has 1 N–H and O–H groups in total. The number of rotatable bonds is 5. The van der Waals surface area contributed by atoms with Crippen LogP contribution in [0.15, 0.2) is 36.4 Å². The first-order valence-corrected chi connectivity index (χ1v) is 7.49. The zero-order valence-electron chi connectivity index (χ0n) is 11.7. The molecule has 21 heavy (non-hydrogen) atoms. The van der Waals surface area contributed by atoms with Gasteiger partial charge in [-0.15, -0.1) is 0 Å². The summed E-state index contributed by atoms with van der Waals surface area (Å²) in [5.41, 5.74) is 3.60. The van der Waals surface area contributed by atoms with Crippen LogP contribution in [0.2, 0.25) is 5.02 Å². The molecule has 0 radical (unpaired) electrons. The van der Waals surface area contributed by atoms with E-state index in [1.165, 1.54) is 17.2 Å². The van der Waals surface area contributed by atoms with Crippen molar-refractivity contribution in [2.45, 2.75) is 19.4 Å². The van der Waals surface area contributed by atoms with E-state index in [1.807, 2.05) is 0 Å². The number of hydrogen-bond donors (Lipinski definition) is 1. The fourth-order valence-corrected chi connectivity index (χ4v) is 2.71. The predicted molar refractivity (Wildman–Crippen MR) is 82.5 cm³/mol. The van der Waals surface area contributed by atoms with Crippen LogP contribution in [0.5, 0.6) is 5.75 Å². The van der Waals surface area contributed by atoms with Gasteiger partial charge in [-0.05, 0) is 47.9 Å². The second-order valence-electron chi connectivity index (χ2n) is 5.22. The lowest BCUT2D eigenvalue weighted by atomic mass is 10.1. The number of benzene rings is 2. The molecule has 2 aromatic rings. The highest BCUT2D eigenvalue weighted by Crippen LogP contribution is 2.25. The molecule has 0 aliphatic carbocycles. The predicted octanol–water partition coefficient (Wildman–Crippen LogP) is 3.75. The van der Waals surface area contributed by atoms with Crippen molar-refractivity contribution in [2.24, 2.45) is 0 Å². The summed E-state index contributed by atoms with van der Waals surface area (Å²) in [5, 5.41) is 3.53. The van der Waals surface area contributed by atoms with E-state index in [0.717, 1.165) is 37.3 Å². The first-order chi connectivity index (χ1) is 10.2. The number of fused-ring (bicyclic) bond motifs is 1. The van der Waals surface area contributed by atoms with E-state index in [0.29, 0.717) is 6.54 Å². The van der Waals surface area contributed by atoms with Gasteiger partial charge in [0.2, 0.25) is 0 Å². The minimum Gasteiger partial charge on any atom is -0.493 e. The van der Waals surface area contributed by atoms with Crippen molar-refractivity contribution in [3.63, 3.8) is 0 Å². The largest absolute Gasteiger partial charge is 0.493 e. The molecule has 2 aromatic carbocycles. The Hall–Kier alpha value is -1.58. The summed E-state index contributed by atoms with van der Waals surface area (Å²) in [6.07, 6.45) is 1.97. The maximum absolute atomic E-state index is 13.1. The van der Waals surface area contributed by atoms with Crippen molar-refractivity contribution in [2.75, 3.05) is 13.2 Å². The van der Waals surface area contributed by atoms with Crippen LogP contribution in [0.25, 0.3) is 0 Å². The molecule has 0 unspecified atom stereocenters. The van der Waals surface area contributed by atoms with Crippen molar-refractivity contribution in [1.29, 1.82) is 0 Å². The van der Waals surface area contributed by atoms with E-state index in [4.69, 9.17) is 16.3 Å². The molecule has 1 aliphatic rings. The van der Waals surface area contributed by atoms with Crippen LogP contribution in [0, 0.1) is 5.82 Å². The van der Waals surface area contributed by atoms with Crippen molar-refractivity contribution >= 4 is 11.6 Å². The van der Waals surface area contributed by atoms with Gasteiger partial charge in [0, 0.05) is 13.0 Å². The standard InChI is InChI=1S/C17H17ClFNO/c18-15-10-13(1-3-16(15)19)11-20-7-5-12-2-4-17-14(9-12)6-8-21-17/h1-4,9-10,20H,5-8,11H2. The monoisotopic (exact) mass is 305 g/mol. The number of halogens is 2. The Bertz CT molecular complexity index is 645. The van der Waals surface area contributed by atoms with Crippen LogP contribution < -0.4 is 10.1 Å². The number of nitrogens with one attached hydrogen (secondary N) is 1. The van der Waals surface area contributed by atoms with Crippen molar-refractivity contribution in [3.8, 4) is 5.75 Å². The van der Waals surface area contributed by atoms with Gasteiger partial charge in [-0.3, -0.25) is 0 Å². The van der Waals surface area contributed by atoms with Gasteiger partial charge in [0.05, 0.1) is 11.6 Å². The van der Waals surface area contributed by atoms with Gasteiger partial charge in [0.1, 0.15) is 11.6 Å². The Morgan fingerprint density at radius 2 is 2.00 bits per heavy atom. The van der Waals surface area contributed by atoms with E-state index in [-0.39, 0.29) is 10.8 Å². The zero-order chi connectivity index (χ0) is 14.7. The first kappa shape index (κ1) is 14.4. The molecule has 0 atom stereocenters. The average molecular weight is 306 g/mol. The Labute approximate surface area is 128 Å². The third-order valence-electron chi connectivity index (χ3n) is 3.66. The van der Waals surface area contributed by atoms with Crippen LogP contribution in [-0.4, -0.2) is 13.2 Å². The van der Waals surface area contributed by atoms with Crippen LogP contribution >= 0.6 is 11.6 Å². The van der Waals surface area contributed by atoms with Crippen molar-refractivity contribution in [1.82, 2.24) is 5.32 Å². The van der Waals surface area contributed by atoms with E-state index < -0.39 is 0 Å². The summed E-state index contributed by atoms with van der Waals surface area (Å²) in [6, 6.07) is 11.2.